The number of nitrogens with zero attached hydrogens (tertiary/aromatic N) is 2. The lowest BCUT2D eigenvalue weighted by atomic mass is 10.3. The molecule has 0 spiro atoms. The average Bonchev–Trinajstić information content (AvgIpc) is 3.07. The number of H-pyrrole nitrogens is 1. The van der Waals surface area contributed by atoms with Gasteiger partial charge in [-0.1, -0.05) is 0 Å². The normalized spacial score (nSPS) is 16.5. The van der Waals surface area contributed by atoms with Crippen molar-refractivity contribution < 1.29 is 8.42 Å². The zero-order valence-electron chi connectivity index (χ0n) is 11.5. The fourth-order valence-corrected chi connectivity index (χ4v) is 4.48. The molecule has 1 heterocycles. The summed E-state index contributed by atoms with van der Waals surface area (Å²) in [5.41, 5.74) is 0.956. The van der Waals surface area contributed by atoms with Gasteiger partial charge in [0.15, 0.2) is 0 Å². The molecular weight excluding hydrogens is 286 g/mol. The fourth-order valence-electron chi connectivity index (χ4n) is 2.16. The van der Waals surface area contributed by atoms with E-state index in [1.165, 1.54) is 0 Å². The number of aromatic nitrogens is 2. The van der Waals surface area contributed by atoms with Crippen molar-refractivity contribution in [3.05, 3.63) is 11.4 Å². The smallest absolute Gasteiger partial charge is 0.247 e. The molecule has 1 fully saturated rings. The van der Waals surface area contributed by atoms with Gasteiger partial charge in [-0.05, 0) is 39.5 Å². The quantitative estimate of drug-likeness (QED) is 0.820. The van der Waals surface area contributed by atoms with Crippen LogP contribution in [0.5, 0.6) is 0 Å². The summed E-state index contributed by atoms with van der Waals surface area (Å²) in [6, 6.07) is -0.0666. The van der Waals surface area contributed by atoms with Crippen molar-refractivity contribution in [2.75, 3.05) is 6.54 Å². The molecule has 0 aromatic carbocycles. The van der Waals surface area contributed by atoms with Crippen molar-refractivity contribution in [2.24, 2.45) is 5.92 Å². The molecule has 1 aliphatic carbocycles. The highest BCUT2D eigenvalue weighted by molar-refractivity contribution is 7.89. The maximum absolute atomic E-state index is 12.8. The lowest BCUT2D eigenvalue weighted by molar-refractivity contribution is 0.341. The Bertz CT molecular complexity index is 549. The molecule has 19 heavy (non-hydrogen) atoms. The Morgan fingerprint density at radius 3 is 2.58 bits per heavy atom. The van der Waals surface area contributed by atoms with E-state index in [0.29, 0.717) is 23.9 Å². The van der Waals surface area contributed by atoms with Gasteiger partial charge in [-0.3, -0.25) is 5.10 Å². The highest BCUT2D eigenvalue weighted by Crippen LogP contribution is 2.33. The SMILES string of the molecule is Cc1[nH]nc(CCl)c1S(=O)(=O)N(CC1CC1)C(C)C. The van der Waals surface area contributed by atoms with Gasteiger partial charge in [0.2, 0.25) is 10.0 Å². The van der Waals surface area contributed by atoms with Crippen LogP contribution in [0.1, 0.15) is 38.1 Å². The van der Waals surface area contributed by atoms with Gasteiger partial charge in [-0.2, -0.15) is 9.40 Å². The molecule has 0 aliphatic heterocycles. The number of aryl methyl sites for hydroxylation is 1. The van der Waals surface area contributed by atoms with Crippen molar-refractivity contribution in [1.29, 1.82) is 0 Å². The summed E-state index contributed by atoms with van der Waals surface area (Å²) < 4.78 is 27.2. The van der Waals surface area contributed by atoms with E-state index in [1.807, 2.05) is 13.8 Å². The summed E-state index contributed by atoms with van der Waals surface area (Å²) in [4.78, 5) is 0.247. The Hall–Kier alpha value is -0.590. The molecule has 2 rings (SSSR count). The molecule has 1 saturated carbocycles. The maximum Gasteiger partial charge on any atom is 0.247 e. The third-order valence-electron chi connectivity index (χ3n) is 3.37. The van der Waals surface area contributed by atoms with Gasteiger partial charge in [0.05, 0.1) is 17.3 Å². The molecular formula is C12H20ClN3O2S. The minimum atomic E-state index is -3.53. The van der Waals surface area contributed by atoms with E-state index in [4.69, 9.17) is 11.6 Å². The average molecular weight is 306 g/mol. The van der Waals surface area contributed by atoms with Crippen LogP contribution in [-0.4, -0.2) is 35.5 Å². The molecule has 5 nitrogen and oxygen atoms in total. The minimum Gasteiger partial charge on any atom is -0.281 e. The highest BCUT2D eigenvalue weighted by atomic mass is 35.5. The first-order valence-electron chi connectivity index (χ1n) is 6.49. The van der Waals surface area contributed by atoms with E-state index in [9.17, 15) is 8.42 Å². The van der Waals surface area contributed by atoms with Crippen LogP contribution in [0.15, 0.2) is 4.90 Å². The molecule has 0 unspecified atom stereocenters. The number of alkyl halides is 1. The Morgan fingerprint density at radius 2 is 2.11 bits per heavy atom. The summed E-state index contributed by atoms with van der Waals surface area (Å²) in [6.45, 7) is 6.10. The minimum absolute atomic E-state index is 0.0666. The van der Waals surface area contributed by atoms with Crippen molar-refractivity contribution >= 4 is 21.6 Å². The molecule has 0 bridgehead atoms. The van der Waals surface area contributed by atoms with Gasteiger partial charge in [0.25, 0.3) is 0 Å². The van der Waals surface area contributed by atoms with E-state index in [0.717, 1.165) is 12.8 Å². The molecule has 7 heteroatoms. The van der Waals surface area contributed by atoms with Crippen LogP contribution in [-0.2, 0) is 15.9 Å². The Morgan fingerprint density at radius 1 is 1.47 bits per heavy atom. The highest BCUT2D eigenvalue weighted by Gasteiger charge is 2.36. The van der Waals surface area contributed by atoms with E-state index in [-0.39, 0.29) is 16.8 Å². The Labute approximate surface area is 119 Å². The molecule has 1 N–H and O–H groups in total. The van der Waals surface area contributed by atoms with Crippen LogP contribution in [0.4, 0.5) is 0 Å². The van der Waals surface area contributed by atoms with Gasteiger partial charge in [-0.15, -0.1) is 11.6 Å². The third-order valence-corrected chi connectivity index (χ3v) is 5.86. The lowest BCUT2D eigenvalue weighted by Crippen LogP contribution is -2.39. The number of nitrogens with one attached hydrogen (secondary N) is 1. The summed E-state index contributed by atoms with van der Waals surface area (Å²) in [5, 5.41) is 6.69. The van der Waals surface area contributed by atoms with Gasteiger partial charge in [-0.25, -0.2) is 8.42 Å². The van der Waals surface area contributed by atoms with Crippen molar-refractivity contribution in [1.82, 2.24) is 14.5 Å². The van der Waals surface area contributed by atoms with Crippen LogP contribution >= 0.6 is 11.6 Å². The van der Waals surface area contributed by atoms with Crippen molar-refractivity contribution in [3.8, 4) is 0 Å². The van der Waals surface area contributed by atoms with Crippen molar-refractivity contribution in [2.45, 2.75) is 50.4 Å². The molecule has 0 amide bonds. The fraction of sp³-hybridized carbons (Fsp3) is 0.750. The zero-order valence-corrected chi connectivity index (χ0v) is 13.1. The number of hydrogen-bond acceptors (Lipinski definition) is 3. The molecule has 1 aromatic heterocycles. The van der Waals surface area contributed by atoms with E-state index in [1.54, 1.807) is 11.2 Å². The van der Waals surface area contributed by atoms with Crippen molar-refractivity contribution in [3.63, 3.8) is 0 Å². The van der Waals surface area contributed by atoms with Gasteiger partial charge < -0.3 is 0 Å². The molecule has 0 atom stereocenters. The number of rotatable bonds is 6. The molecule has 0 saturated heterocycles. The largest absolute Gasteiger partial charge is 0.281 e. The summed E-state index contributed by atoms with van der Waals surface area (Å²) in [5.74, 6) is 0.595. The van der Waals surface area contributed by atoms with E-state index >= 15 is 0 Å². The van der Waals surface area contributed by atoms with Gasteiger partial charge >= 0.3 is 0 Å². The van der Waals surface area contributed by atoms with Crippen LogP contribution in [0.3, 0.4) is 0 Å². The molecule has 0 radical (unpaired) electrons. The molecule has 108 valence electrons. The van der Waals surface area contributed by atoms with Crippen LogP contribution < -0.4 is 0 Å². The first-order valence-corrected chi connectivity index (χ1v) is 8.47. The maximum atomic E-state index is 12.8. The van der Waals surface area contributed by atoms with Crippen LogP contribution in [0.25, 0.3) is 0 Å². The number of sulfonamides is 1. The monoisotopic (exact) mass is 305 g/mol. The first-order chi connectivity index (χ1) is 8.87. The molecule has 1 aromatic rings. The second-order valence-corrected chi connectivity index (χ2v) is 7.46. The number of hydrogen-bond donors (Lipinski definition) is 1. The predicted octanol–water partition coefficient (Wildman–Crippen LogP) is 2.27. The third kappa shape index (κ3) is 2.95. The summed E-state index contributed by atoms with van der Waals surface area (Å²) >= 11 is 5.79. The van der Waals surface area contributed by atoms with E-state index in [2.05, 4.69) is 10.2 Å². The standard InChI is InChI=1S/C12H20ClN3O2S/c1-8(2)16(7-10-4-5-10)19(17,18)12-9(3)14-15-11(12)6-13/h8,10H,4-7H2,1-3H3,(H,14,15). The summed E-state index contributed by atoms with van der Waals surface area (Å²) in [6.07, 6.45) is 2.23. The second-order valence-electron chi connectivity index (χ2n) is 5.37. The lowest BCUT2D eigenvalue weighted by Gasteiger charge is -2.26. The van der Waals surface area contributed by atoms with Gasteiger partial charge in [0, 0.05) is 12.6 Å². The molecule has 1 aliphatic rings. The van der Waals surface area contributed by atoms with Crippen LogP contribution in [0, 0.1) is 12.8 Å². The number of aromatic amines is 1. The zero-order chi connectivity index (χ0) is 14.2. The van der Waals surface area contributed by atoms with E-state index < -0.39 is 10.0 Å². The van der Waals surface area contributed by atoms with Crippen LogP contribution in [0.2, 0.25) is 0 Å². The summed E-state index contributed by atoms with van der Waals surface area (Å²) in [7, 11) is -3.53. The van der Waals surface area contributed by atoms with Gasteiger partial charge in [0.1, 0.15) is 4.90 Å². The Balaban J connectivity index is 2.40. The Kier molecular flexibility index (Phi) is 4.23. The topological polar surface area (TPSA) is 66.1 Å². The first kappa shape index (κ1) is 14.8. The second kappa shape index (κ2) is 5.42. The number of halogens is 1. The predicted molar refractivity (Wildman–Crippen MR) is 74.6 cm³/mol.